The summed E-state index contributed by atoms with van der Waals surface area (Å²) in [5, 5.41) is 4.80. The number of rotatable bonds is 3. The smallest absolute Gasteiger partial charge is 0.0830 e. The number of benzene rings is 1. The van der Waals surface area contributed by atoms with Gasteiger partial charge in [0.1, 0.15) is 0 Å². The summed E-state index contributed by atoms with van der Waals surface area (Å²) in [5.74, 6) is 0. The first-order valence-corrected chi connectivity index (χ1v) is 7.74. The summed E-state index contributed by atoms with van der Waals surface area (Å²) in [5.41, 5.74) is 5.67. The predicted octanol–water partition coefficient (Wildman–Crippen LogP) is 5.24. The standard InChI is InChI=1S/C16H17BrClN3/c1-16(2,3)12-8-14(18)15(9-13(12)17)21-20-10-11-6-4-5-7-19-11/h4-10,21H,1-3H3/b20-10+. The Labute approximate surface area is 138 Å². The molecule has 1 aromatic heterocycles. The maximum Gasteiger partial charge on any atom is 0.0830 e. The number of nitrogens with zero attached hydrogens (tertiary/aromatic N) is 2. The third-order valence-corrected chi connectivity index (χ3v) is 3.90. The molecule has 0 aliphatic heterocycles. The summed E-state index contributed by atoms with van der Waals surface area (Å²) in [7, 11) is 0. The van der Waals surface area contributed by atoms with Crippen LogP contribution in [-0.4, -0.2) is 11.2 Å². The first kappa shape index (κ1) is 16.0. The van der Waals surface area contributed by atoms with Crippen molar-refractivity contribution in [3.8, 4) is 0 Å². The number of hydrogen-bond acceptors (Lipinski definition) is 3. The van der Waals surface area contributed by atoms with Crippen LogP contribution in [0, 0.1) is 0 Å². The molecule has 0 spiro atoms. The summed E-state index contributed by atoms with van der Waals surface area (Å²) in [6, 6.07) is 9.56. The summed E-state index contributed by atoms with van der Waals surface area (Å²) in [6.07, 6.45) is 3.38. The van der Waals surface area contributed by atoms with Crippen molar-refractivity contribution in [3.63, 3.8) is 0 Å². The molecule has 0 radical (unpaired) electrons. The summed E-state index contributed by atoms with van der Waals surface area (Å²) >= 11 is 9.91. The molecule has 0 aliphatic rings. The van der Waals surface area contributed by atoms with Gasteiger partial charge >= 0.3 is 0 Å². The fourth-order valence-electron chi connectivity index (χ4n) is 1.83. The Kier molecular flexibility index (Phi) is 5.01. The van der Waals surface area contributed by atoms with E-state index in [1.54, 1.807) is 12.4 Å². The number of hydrazone groups is 1. The van der Waals surface area contributed by atoms with E-state index in [9.17, 15) is 0 Å². The van der Waals surface area contributed by atoms with Crippen LogP contribution in [-0.2, 0) is 5.41 Å². The molecule has 0 fully saturated rings. The maximum atomic E-state index is 6.32. The van der Waals surface area contributed by atoms with Crippen molar-refractivity contribution in [1.29, 1.82) is 0 Å². The molecule has 0 unspecified atom stereocenters. The van der Waals surface area contributed by atoms with Crippen LogP contribution < -0.4 is 5.43 Å². The van der Waals surface area contributed by atoms with Gasteiger partial charge in [-0.15, -0.1) is 0 Å². The summed E-state index contributed by atoms with van der Waals surface area (Å²) in [6.45, 7) is 6.45. The van der Waals surface area contributed by atoms with E-state index in [0.29, 0.717) is 5.02 Å². The Morgan fingerprint density at radius 2 is 2.05 bits per heavy atom. The highest BCUT2D eigenvalue weighted by atomic mass is 79.9. The lowest BCUT2D eigenvalue weighted by molar-refractivity contribution is 0.587. The van der Waals surface area contributed by atoms with Gasteiger partial charge in [0, 0.05) is 10.7 Å². The number of halogens is 2. The average Bonchev–Trinajstić information content (AvgIpc) is 2.42. The highest BCUT2D eigenvalue weighted by Gasteiger charge is 2.18. The zero-order valence-corrected chi connectivity index (χ0v) is 14.5. The first-order valence-electron chi connectivity index (χ1n) is 6.57. The van der Waals surface area contributed by atoms with E-state index in [-0.39, 0.29) is 5.41 Å². The van der Waals surface area contributed by atoms with Gasteiger partial charge in [-0.2, -0.15) is 5.10 Å². The fraction of sp³-hybridized carbons (Fsp3) is 0.250. The van der Waals surface area contributed by atoms with Gasteiger partial charge in [-0.1, -0.05) is 54.4 Å². The molecule has 3 nitrogen and oxygen atoms in total. The van der Waals surface area contributed by atoms with E-state index in [2.05, 4.69) is 52.2 Å². The lowest BCUT2D eigenvalue weighted by Crippen LogP contribution is -2.12. The third kappa shape index (κ3) is 4.29. The van der Waals surface area contributed by atoms with E-state index in [4.69, 9.17) is 11.6 Å². The topological polar surface area (TPSA) is 37.3 Å². The van der Waals surface area contributed by atoms with Crippen molar-refractivity contribution in [2.24, 2.45) is 5.10 Å². The van der Waals surface area contributed by atoms with E-state index in [1.807, 2.05) is 30.3 Å². The van der Waals surface area contributed by atoms with Gasteiger partial charge in [0.05, 0.1) is 22.6 Å². The minimum Gasteiger partial charge on any atom is -0.277 e. The third-order valence-electron chi connectivity index (χ3n) is 2.93. The van der Waals surface area contributed by atoms with Gasteiger partial charge in [0.25, 0.3) is 0 Å². The zero-order valence-electron chi connectivity index (χ0n) is 12.2. The molecule has 0 atom stereocenters. The SMILES string of the molecule is CC(C)(C)c1cc(Cl)c(N/N=C/c2ccccn2)cc1Br. The van der Waals surface area contributed by atoms with Crippen LogP contribution in [0.25, 0.3) is 0 Å². The van der Waals surface area contributed by atoms with Crippen LogP contribution in [0.5, 0.6) is 0 Å². The van der Waals surface area contributed by atoms with E-state index < -0.39 is 0 Å². The molecule has 110 valence electrons. The van der Waals surface area contributed by atoms with Crippen molar-refractivity contribution in [2.75, 3.05) is 5.43 Å². The fourth-order valence-corrected chi connectivity index (χ4v) is 2.97. The van der Waals surface area contributed by atoms with Gasteiger partial charge in [-0.3, -0.25) is 10.4 Å². The molecule has 0 saturated carbocycles. The molecule has 5 heteroatoms. The summed E-state index contributed by atoms with van der Waals surface area (Å²) < 4.78 is 1.01. The van der Waals surface area contributed by atoms with E-state index in [0.717, 1.165) is 21.4 Å². The molecular weight excluding hydrogens is 350 g/mol. The first-order chi connectivity index (χ1) is 9.88. The number of pyridine rings is 1. The van der Waals surface area contributed by atoms with Gasteiger partial charge in [0.15, 0.2) is 0 Å². The quantitative estimate of drug-likeness (QED) is 0.595. The second-order valence-electron chi connectivity index (χ2n) is 5.69. The second kappa shape index (κ2) is 6.58. The zero-order chi connectivity index (χ0) is 15.5. The highest BCUT2D eigenvalue weighted by molar-refractivity contribution is 9.10. The molecule has 0 saturated heterocycles. The molecule has 0 aliphatic carbocycles. The summed E-state index contributed by atoms with van der Waals surface area (Å²) in [4.78, 5) is 4.16. The van der Waals surface area contributed by atoms with Crippen molar-refractivity contribution < 1.29 is 0 Å². The highest BCUT2D eigenvalue weighted by Crippen LogP contribution is 2.36. The van der Waals surface area contributed by atoms with E-state index >= 15 is 0 Å². The molecule has 2 aromatic rings. The van der Waals surface area contributed by atoms with Crippen molar-refractivity contribution in [2.45, 2.75) is 26.2 Å². The number of nitrogens with one attached hydrogen (secondary N) is 1. The number of anilines is 1. The lowest BCUT2D eigenvalue weighted by Gasteiger charge is -2.22. The molecule has 0 bridgehead atoms. The lowest BCUT2D eigenvalue weighted by atomic mass is 9.87. The predicted molar refractivity (Wildman–Crippen MR) is 93.3 cm³/mol. The Morgan fingerprint density at radius 1 is 1.29 bits per heavy atom. The largest absolute Gasteiger partial charge is 0.277 e. The second-order valence-corrected chi connectivity index (χ2v) is 6.95. The Hall–Kier alpha value is -1.39. The molecule has 1 N–H and O–H groups in total. The minimum absolute atomic E-state index is 0.0260. The Morgan fingerprint density at radius 3 is 2.67 bits per heavy atom. The van der Waals surface area contributed by atoms with Gasteiger partial charge in [-0.05, 0) is 35.2 Å². The van der Waals surface area contributed by atoms with Crippen LogP contribution in [0.3, 0.4) is 0 Å². The van der Waals surface area contributed by atoms with Crippen LogP contribution in [0.15, 0.2) is 46.1 Å². The molecular formula is C16H17BrClN3. The van der Waals surface area contributed by atoms with Gasteiger partial charge < -0.3 is 0 Å². The van der Waals surface area contributed by atoms with Crippen LogP contribution >= 0.6 is 27.5 Å². The minimum atomic E-state index is 0.0260. The van der Waals surface area contributed by atoms with Crippen LogP contribution in [0.1, 0.15) is 32.0 Å². The molecule has 1 heterocycles. The normalized spacial score (nSPS) is 11.9. The van der Waals surface area contributed by atoms with Crippen molar-refractivity contribution >= 4 is 39.4 Å². The van der Waals surface area contributed by atoms with Crippen LogP contribution in [0.2, 0.25) is 5.02 Å². The molecule has 0 amide bonds. The van der Waals surface area contributed by atoms with Gasteiger partial charge in [0.2, 0.25) is 0 Å². The maximum absolute atomic E-state index is 6.32. The number of aromatic nitrogens is 1. The van der Waals surface area contributed by atoms with E-state index in [1.165, 1.54) is 0 Å². The van der Waals surface area contributed by atoms with Crippen LogP contribution in [0.4, 0.5) is 5.69 Å². The monoisotopic (exact) mass is 365 g/mol. The molecule has 2 rings (SSSR count). The van der Waals surface area contributed by atoms with Crippen molar-refractivity contribution in [3.05, 3.63) is 57.3 Å². The molecule has 1 aromatic carbocycles. The number of hydrogen-bond donors (Lipinski definition) is 1. The van der Waals surface area contributed by atoms with Gasteiger partial charge in [-0.25, -0.2) is 0 Å². The Bertz CT molecular complexity index is 649. The Balaban J connectivity index is 2.18. The average molecular weight is 367 g/mol. The van der Waals surface area contributed by atoms with Crippen molar-refractivity contribution in [1.82, 2.24) is 4.98 Å². The molecule has 21 heavy (non-hydrogen) atoms.